The van der Waals surface area contributed by atoms with E-state index in [2.05, 4.69) is 10.4 Å². The quantitative estimate of drug-likeness (QED) is 0.583. The summed E-state index contributed by atoms with van der Waals surface area (Å²) in [7, 11) is 0. The third-order valence-electron chi connectivity index (χ3n) is 3.77. The van der Waals surface area contributed by atoms with E-state index in [1.54, 1.807) is 0 Å². The summed E-state index contributed by atoms with van der Waals surface area (Å²) in [5, 5.41) is 26.1. The number of aliphatic carboxylic acids is 1. The Balaban J connectivity index is 1.89. The molecule has 0 spiro atoms. The van der Waals surface area contributed by atoms with Gasteiger partial charge in [0, 0.05) is 6.54 Å². The number of nitro groups is 1. The van der Waals surface area contributed by atoms with Gasteiger partial charge in [-0.25, -0.2) is 0 Å². The van der Waals surface area contributed by atoms with Crippen molar-refractivity contribution in [1.82, 2.24) is 15.1 Å². The fraction of sp³-hybridized carbons (Fsp3) is 0.583. The molecule has 0 bridgehead atoms. The van der Waals surface area contributed by atoms with Crippen LogP contribution >= 0.6 is 0 Å². The second-order valence-electron chi connectivity index (χ2n) is 5.22. The van der Waals surface area contributed by atoms with Gasteiger partial charge in [-0.1, -0.05) is 12.8 Å². The van der Waals surface area contributed by atoms with Gasteiger partial charge < -0.3 is 10.4 Å². The minimum Gasteiger partial charge on any atom is -0.481 e. The fourth-order valence-corrected chi connectivity index (χ4v) is 2.52. The normalized spacial score (nSPS) is 16.6. The zero-order valence-corrected chi connectivity index (χ0v) is 11.3. The van der Waals surface area contributed by atoms with Gasteiger partial charge in [-0.3, -0.25) is 24.4 Å². The van der Waals surface area contributed by atoms with Gasteiger partial charge in [-0.15, -0.1) is 0 Å². The number of carboxylic acids is 1. The van der Waals surface area contributed by atoms with E-state index in [4.69, 9.17) is 0 Å². The molecule has 114 valence electrons. The molecule has 21 heavy (non-hydrogen) atoms. The maximum atomic E-state index is 11.8. The van der Waals surface area contributed by atoms with Crippen molar-refractivity contribution in [3.63, 3.8) is 0 Å². The maximum absolute atomic E-state index is 11.8. The van der Waals surface area contributed by atoms with Crippen molar-refractivity contribution in [2.45, 2.75) is 32.2 Å². The molecule has 0 saturated heterocycles. The van der Waals surface area contributed by atoms with Gasteiger partial charge in [-0.2, -0.15) is 5.10 Å². The highest BCUT2D eigenvalue weighted by Gasteiger charge is 2.41. The summed E-state index contributed by atoms with van der Waals surface area (Å²) in [6, 6.07) is 0. The second-order valence-corrected chi connectivity index (χ2v) is 5.22. The van der Waals surface area contributed by atoms with Crippen molar-refractivity contribution in [3.8, 4) is 0 Å². The Morgan fingerprint density at radius 3 is 2.67 bits per heavy atom. The van der Waals surface area contributed by atoms with Gasteiger partial charge in [0.15, 0.2) is 0 Å². The first-order valence-electron chi connectivity index (χ1n) is 6.60. The Hall–Kier alpha value is -2.45. The average Bonchev–Trinajstić information content (AvgIpc) is 3.05. The third kappa shape index (κ3) is 3.36. The molecule has 0 aliphatic heterocycles. The molecule has 1 saturated carbocycles. The Kier molecular flexibility index (Phi) is 4.20. The number of hydrogen-bond acceptors (Lipinski definition) is 5. The predicted molar refractivity (Wildman–Crippen MR) is 70.4 cm³/mol. The van der Waals surface area contributed by atoms with E-state index in [1.165, 1.54) is 0 Å². The lowest BCUT2D eigenvalue weighted by Crippen LogP contribution is -2.42. The topological polar surface area (TPSA) is 127 Å². The van der Waals surface area contributed by atoms with E-state index < -0.39 is 22.2 Å². The van der Waals surface area contributed by atoms with Crippen LogP contribution in [0.1, 0.15) is 25.7 Å². The molecule has 0 unspecified atom stereocenters. The number of hydrogen-bond donors (Lipinski definition) is 2. The van der Waals surface area contributed by atoms with Gasteiger partial charge in [0.1, 0.15) is 18.9 Å². The molecule has 2 N–H and O–H groups in total. The highest BCUT2D eigenvalue weighted by Crippen LogP contribution is 2.37. The fourth-order valence-electron chi connectivity index (χ4n) is 2.52. The average molecular weight is 296 g/mol. The standard InChI is InChI=1S/C12H16N4O5/c17-10(7-15-6-9(5-14-15)16(20)21)13-8-12(11(18)19)3-1-2-4-12/h5-6H,1-4,7-8H2,(H,13,17)(H,18,19). The molecule has 9 heteroatoms. The van der Waals surface area contributed by atoms with Crippen molar-refractivity contribution < 1.29 is 19.6 Å². The number of nitrogens with one attached hydrogen (secondary N) is 1. The molecule has 1 aliphatic rings. The number of rotatable bonds is 6. The van der Waals surface area contributed by atoms with Crippen molar-refractivity contribution in [3.05, 3.63) is 22.5 Å². The number of carbonyl (C=O) groups is 2. The lowest BCUT2D eigenvalue weighted by Gasteiger charge is -2.23. The van der Waals surface area contributed by atoms with E-state index in [0.29, 0.717) is 12.8 Å². The molecule has 1 amide bonds. The molecule has 1 fully saturated rings. The van der Waals surface area contributed by atoms with Crippen LogP contribution in [0.3, 0.4) is 0 Å². The number of amides is 1. The zero-order chi connectivity index (χ0) is 15.5. The van der Waals surface area contributed by atoms with Gasteiger partial charge >= 0.3 is 11.7 Å². The Morgan fingerprint density at radius 1 is 1.48 bits per heavy atom. The number of aromatic nitrogens is 2. The molecular weight excluding hydrogens is 280 g/mol. The summed E-state index contributed by atoms with van der Waals surface area (Å²) in [6.07, 6.45) is 5.00. The van der Waals surface area contributed by atoms with Gasteiger partial charge in [0.25, 0.3) is 0 Å². The summed E-state index contributed by atoms with van der Waals surface area (Å²) in [6.45, 7) is -0.103. The van der Waals surface area contributed by atoms with Crippen LogP contribution in [0.15, 0.2) is 12.4 Å². The van der Waals surface area contributed by atoms with Crippen molar-refractivity contribution >= 4 is 17.6 Å². The van der Waals surface area contributed by atoms with Crippen LogP contribution in [-0.4, -0.2) is 38.2 Å². The summed E-state index contributed by atoms with van der Waals surface area (Å²) in [4.78, 5) is 33.0. The Bertz CT molecular complexity index is 562. The smallest absolute Gasteiger partial charge is 0.311 e. The number of nitrogens with zero attached hydrogens (tertiary/aromatic N) is 3. The summed E-state index contributed by atoms with van der Waals surface area (Å²) < 4.78 is 1.15. The first kappa shape index (κ1) is 14.9. The largest absolute Gasteiger partial charge is 0.481 e. The van der Waals surface area contributed by atoms with E-state index >= 15 is 0 Å². The zero-order valence-electron chi connectivity index (χ0n) is 11.3. The number of carbonyl (C=O) groups excluding carboxylic acids is 1. The van der Waals surface area contributed by atoms with Gasteiger partial charge in [-0.05, 0) is 12.8 Å². The first-order chi connectivity index (χ1) is 9.93. The van der Waals surface area contributed by atoms with Crippen LogP contribution in [0.5, 0.6) is 0 Å². The molecule has 1 heterocycles. The van der Waals surface area contributed by atoms with E-state index in [9.17, 15) is 24.8 Å². The molecule has 1 aliphatic carbocycles. The van der Waals surface area contributed by atoms with Crippen molar-refractivity contribution in [2.24, 2.45) is 5.41 Å². The lowest BCUT2D eigenvalue weighted by atomic mass is 9.86. The highest BCUT2D eigenvalue weighted by atomic mass is 16.6. The highest BCUT2D eigenvalue weighted by molar-refractivity contribution is 5.79. The van der Waals surface area contributed by atoms with E-state index in [1.807, 2.05) is 0 Å². The lowest BCUT2D eigenvalue weighted by molar-refractivity contribution is -0.385. The first-order valence-corrected chi connectivity index (χ1v) is 6.60. The molecule has 1 aromatic rings. The SMILES string of the molecule is O=C(Cn1cc([N+](=O)[O-])cn1)NCC1(C(=O)O)CCCC1. The summed E-state index contributed by atoms with van der Waals surface area (Å²) >= 11 is 0. The van der Waals surface area contributed by atoms with E-state index in [-0.39, 0.29) is 18.8 Å². The molecule has 9 nitrogen and oxygen atoms in total. The summed E-state index contributed by atoms with van der Waals surface area (Å²) in [5.74, 6) is -1.31. The maximum Gasteiger partial charge on any atom is 0.311 e. The molecule has 0 atom stereocenters. The molecule has 0 aromatic carbocycles. The van der Waals surface area contributed by atoms with Gasteiger partial charge in [0.2, 0.25) is 5.91 Å². The third-order valence-corrected chi connectivity index (χ3v) is 3.77. The minimum atomic E-state index is -0.893. The molecule has 0 radical (unpaired) electrons. The summed E-state index contributed by atoms with van der Waals surface area (Å²) in [5.41, 5.74) is -1.08. The van der Waals surface area contributed by atoms with E-state index in [0.717, 1.165) is 29.9 Å². The Morgan fingerprint density at radius 2 is 2.14 bits per heavy atom. The second kappa shape index (κ2) is 5.90. The minimum absolute atomic E-state index is 0.0739. The van der Waals surface area contributed by atoms with Crippen LogP contribution in [-0.2, 0) is 16.1 Å². The van der Waals surface area contributed by atoms with Crippen LogP contribution in [0.2, 0.25) is 0 Å². The Labute approximate surface area is 120 Å². The molecule has 1 aromatic heterocycles. The van der Waals surface area contributed by atoms with Crippen molar-refractivity contribution in [2.75, 3.05) is 6.54 Å². The predicted octanol–water partition coefficient (Wildman–Crippen LogP) is 0.552. The molecular formula is C12H16N4O5. The van der Waals surface area contributed by atoms with Crippen molar-refractivity contribution in [1.29, 1.82) is 0 Å². The van der Waals surface area contributed by atoms with Crippen LogP contribution in [0.4, 0.5) is 5.69 Å². The van der Waals surface area contributed by atoms with Crippen LogP contribution < -0.4 is 5.32 Å². The van der Waals surface area contributed by atoms with Crippen LogP contribution in [0, 0.1) is 15.5 Å². The van der Waals surface area contributed by atoms with Crippen LogP contribution in [0.25, 0.3) is 0 Å². The molecule has 2 rings (SSSR count). The number of carboxylic acid groups (broad SMARTS) is 1. The van der Waals surface area contributed by atoms with Gasteiger partial charge in [0.05, 0.1) is 10.3 Å². The monoisotopic (exact) mass is 296 g/mol.